The molecular weight excluding hydrogens is 216 g/mol. The van der Waals surface area contributed by atoms with Gasteiger partial charge < -0.3 is 11.1 Å². The monoisotopic (exact) mass is 236 g/mol. The molecule has 94 valence electrons. The van der Waals surface area contributed by atoms with E-state index in [2.05, 4.69) is 15.5 Å². The third-order valence-electron chi connectivity index (χ3n) is 3.16. The Kier molecular flexibility index (Phi) is 3.36. The lowest BCUT2D eigenvalue weighted by Gasteiger charge is -2.04. The first kappa shape index (κ1) is 12.0. The SMILES string of the molecule is CC(C)c1[nH]nc(C(=O)NCCC2CC2)c1N. The summed E-state index contributed by atoms with van der Waals surface area (Å²) in [6.07, 6.45) is 3.67. The van der Waals surface area contributed by atoms with Gasteiger partial charge in [0, 0.05) is 6.54 Å². The molecule has 1 amide bonds. The highest BCUT2D eigenvalue weighted by Crippen LogP contribution is 2.31. The minimum Gasteiger partial charge on any atom is -0.395 e. The second kappa shape index (κ2) is 4.77. The lowest BCUT2D eigenvalue weighted by atomic mass is 10.1. The number of aromatic nitrogens is 2. The predicted molar refractivity (Wildman–Crippen MR) is 66.8 cm³/mol. The number of rotatable bonds is 5. The van der Waals surface area contributed by atoms with E-state index in [4.69, 9.17) is 5.73 Å². The van der Waals surface area contributed by atoms with E-state index in [0.717, 1.165) is 18.0 Å². The quantitative estimate of drug-likeness (QED) is 0.726. The molecule has 0 aliphatic heterocycles. The van der Waals surface area contributed by atoms with Crippen LogP contribution in [0.2, 0.25) is 0 Å². The van der Waals surface area contributed by atoms with Gasteiger partial charge in [-0.15, -0.1) is 0 Å². The van der Waals surface area contributed by atoms with Crippen molar-refractivity contribution in [1.82, 2.24) is 15.5 Å². The number of carbonyl (C=O) groups is 1. The standard InChI is InChI=1S/C12H20N4O/c1-7(2)10-9(13)11(16-15-10)12(17)14-6-5-8-3-4-8/h7-8H,3-6,13H2,1-2H3,(H,14,17)(H,15,16). The molecule has 2 rings (SSSR count). The number of aromatic amines is 1. The number of amides is 1. The highest BCUT2D eigenvalue weighted by atomic mass is 16.1. The van der Waals surface area contributed by atoms with Crippen molar-refractivity contribution in [3.8, 4) is 0 Å². The predicted octanol–water partition coefficient (Wildman–Crippen LogP) is 1.65. The Bertz CT molecular complexity index is 407. The van der Waals surface area contributed by atoms with Crippen LogP contribution in [-0.4, -0.2) is 22.6 Å². The second-order valence-electron chi connectivity index (χ2n) is 5.04. The third kappa shape index (κ3) is 2.78. The van der Waals surface area contributed by atoms with E-state index in [-0.39, 0.29) is 11.8 Å². The van der Waals surface area contributed by atoms with Crippen LogP contribution >= 0.6 is 0 Å². The van der Waals surface area contributed by atoms with Gasteiger partial charge in [-0.05, 0) is 18.3 Å². The van der Waals surface area contributed by atoms with Gasteiger partial charge in [0.25, 0.3) is 5.91 Å². The Balaban J connectivity index is 1.93. The first-order valence-corrected chi connectivity index (χ1v) is 6.21. The summed E-state index contributed by atoms with van der Waals surface area (Å²) in [5.74, 6) is 0.889. The number of nitrogens with two attached hydrogens (primary N) is 1. The molecule has 0 spiro atoms. The largest absolute Gasteiger partial charge is 0.395 e. The van der Waals surface area contributed by atoms with Crippen LogP contribution in [0.3, 0.4) is 0 Å². The van der Waals surface area contributed by atoms with Crippen LogP contribution in [0.4, 0.5) is 5.69 Å². The first-order valence-electron chi connectivity index (χ1n) is 6.21. The van der Waals surface area contributed by atoms with Gasteiger partial charge in [0.2, 0.25) is 0 Å². The van der Waals surface area contributed by atoms with E-state index in [1.54, 1.807) is 0 Å². The maximum absolute atomic E-state index is 11.8. The summed E-state index contributed by atoms with van der Waals surface area (Å²) in [5.41, 5.74) is 7.52. The molecule has 0 saturated heterocycles. The second-order valence-corrected chi connectivity index (χ2v) is 5.04. The van der Waals surface area contributed by atoms with Gasteiger partial charge in [-0.2, -0.15) is 5.10 Å². The fourth-order valence-corrected chi connectivity index (χ4v) is 1.86. The number of carbonyl (C=O) groups excluding carboxylic acids is 1. The number of nitrogen functional groups attached to an aromatic ring is 1. The molecule has 1 heterocycles. The topological polar surface area (TPSA) is 83.8 Å². The van der Waals surface area contributed by atoms with Crippen molar-refractivity contribution in [2.24, 2.45) is 5.92 Å². The van der Waals surface area contributed by atoms with Gasteiger partial charge in [-0.25, -0.2) is 0 Å². The number of hydrogen-bond acceptors (Lipinski definition) is 3. The fraction of sp³-hybridized carbons (Fsp3) is 0.667. The zero-order valence-corrected chi connectivity index (χ0v) is 10.4. The Hall–Kier alpha value is -1.52. The van der Waals surface area contributed by atoms with Crippen molar-refractivity contribution < 1.29 is 4.79 Å². The summed E-state index contributed by atoms with van der Waals surface area (Å²) in [7, 11) is 0. The van der Waals surface area contributed by atoms with Crippen LogP contribution in [0.1, 0.15) is 55.2 Å². The summed E-state index contributed by atoms with van der Waals surface area (Å²) >= 11 is 0. The summed E-state index contributed by atoms with van der Waals surface area (Å²) in [6, 6.07) is 0. The summed E-state index contributed by atoms with van der Waals surface area (Å²) in [4.78, 5) is 11.8. The molecule has 1 aromatic rings. The highest BCUT2D eigenvalue weighted by molar-refractivity contribution is 5.97. The molecule has 1 aliphatic carbocycles. The molecule has 17 heavy (non-hydrogen) atoms. The molecule has 1 saturated carbocycles. The van der Waals surface area contributed by atoms with Crippen molar-refractivity contribution in [2.75, 3.05) is 12.3 Å². The Labute approximate surface area is 101 Å². The van der Waals surface area contributed by atoms with Crippen LogP contribution in [0.15, 0.2) is 0 Å². The molecule has 4 N–H and O–H groups in total. The minimum atomic E-state index is -0.175. The average molecular weight is 236 g/mol. The number of nitrogens with one attached hydrogen (secondary N) is 2. The molecule has 1 fully saturated rings. The first-order chi connectivity index (χ1) is 8.09. The van der Waals surface area contributed by atoms with Gasteiger partial charge in [0.1, 0.15) is 0 Å². The van der Waals surface area contributed by atoms with Gasteiger partial charge >= 0.3 is 0 Å². The lowest BCUT2D eigenvalue weighted by molar-refractivity contribution is 0.0948. The molecular formula is C12H20N4O. The van der Waals surface area contributed by atoms with E-state index in [1.807, 2.05) is 13.8 Å². The molecule has 0 aromatic carbocycles. The molecule has 5 nitrogen and oxygen atoms in total. The van der Waals surface area contributed by atoms with Gasteiger partial charge in [-0.3, -0.25) is 9.89 Å². The van der Waals surface area contributed by atoms with Crippen molar-refractivity contribution >= 4 is 11.6 Å². The molecule has 5 heteroatoms. The van der Waals surface area contributed by atoms with Crippen molar-refractivity contribution in [3.05, 3.63) is 11.4 Å². The maximum Gasteiger partial charge on any atom is 0.273 e. The van der Waals surface area contributed by atoms with E-state index in [1.165, 1.54) is 12.8 Å². The maximum atomic E-state index is 11.8. The Morgan fingerprint density at radius 3 is 2.82 bits per heavy atom. The summed E-state index contributed by atoms with van der Waals surface area (Å²) in [5, 5.41) is 9.68. The Morgan fingerprint density at radius 2 is 2.29 bits per heavy atom. The van der Waals surface area contributed by atoms with Crippen LogP contribution in [0.5, 0.6) is 0 Å². The van der Waals surface area contributed by atoms with Crippen molar-refractivity contribution in [1.29, 1.82) is 0 Å². The normalized spacial score (nSPS) is 15.2. The van der Waals surface area contributed by atoms with Crippen LogP contribution < -0.4 is 11.1 Å². The molecule has 0 unspecified atom stereocenters. The molecule has 1 aliphatic rings. The number of hydrogen-bond donors (Lipinski definition) is 3. The van der Waals surface area contributed by atoms with Crippen LogP contribution in [0.25, 0.3) is 0 Å². The van der Waals surface area contributed by atoms with Gasteiger partial charge in [-0.1, -0.05) is 26.7 Å². The average Bonchev–Trinajstić information content (AvgIpc) is 2.99. The number of H-pyrrole nitrogens is 1. The minimum absolute atomic E-state index is 0.175. The van der Waals surface area contributed by atoms with Gasteiger partial charge in [0.05, 0.1) is 11.4 Å². The molecule has 0 radical (unpaired) electrons. The molecule has 0 bridgehead atoms. The van der Waals surface area contributed by atoms with E-state index < -0.39 is 0 Å². The number of anilines is 1. The van der Waals surface area contributed by atoms with E-state index in [0.29, 0.717) is 17.9 Å². The summed E-state index contributed by atoms with van der Waals surface area (Å²) in [6.45, 7) is 4.74. The van der Waals surface area contributed by atoms with Gasteiger partial charge in [0.15, 0.2) is 5.69 Å². The number of nitrogens with zero attached hydrogens (tertiary/aromatic N) is 1. The van der Waals surface area contributed by atoms with Crippen LogP contribution in [-0.2, 0) is 0 Å². The summed E-state index contributed by atoms with van der Waals surface area (Å²) < 4.78 is 0. The van der Waals surface area contributed by atoms with Crippen molar-refractivity contribution in [3.63, 3.8) is 0 Å². The van der Waals surface area contributed by atoms with Crippen molar-refractivity contribution in [2.45, 2.75) is 39.0 Å². The fourth-order valence-electron chi connectivity index (χ4n) is 1.86. The Morgan fingerprint density at radius 1 is 1.59 bits per heavy atom. The lowest BCUT2D eigenvalue weighted by Crippen LogP contribution is -2.25. The zero-order valence-electron chi connectivity index (χ0n) is 10.4. The van der Waals surface area contributed by atoms with E-state index >= 15 is 0 Å². The zero-order chi connectivity index (χ0) is 12.4. The van der Waals surface area contributed by atoms with Crippen LogP contribution in [0, 0.1) is 5.92 Å². The molecule has 0 atom stereocenters. The third-order valence-corrected chi connectivity index (χ3v) is 3.16. The highest BCUT2D eigenvalue weighted by Gasteiger charge is 2.22. The smallest absolute Gasteiger partial charge is 0.273 e. The van der Waals surface area contributed by atoms with E-state index in [9.17, 15) is 4.79 Å². The molecule has 1 aromatic heterocycles.